The molecule has 0 saturated carbocycles. The summed E-state index contributed by atoms with van der Waals surface area (Å²) in [6, 6.07) is 11.0. The number of fused-ring (bicyclic) bond motifs is 1. The zero-order chi connectivity index (χ0) is 42.9. The minimum absolute atomic E-state index is 0.0673. The van der Waals surface area contributed by atoms with Gasteiger partial charge in [-0.3, -0.25) is 34.1 Å². The molecular weight excluding hydrogens is 755 g/mol. The van der Waals surface area contributed by atoms with Crippen molar-refractivity contribution in [1.29, 1.82) is 0 Å². The minimum Gasteiger partial charge on any atom is -0.483 e. The number of hydrogen-bond acceptors (Lipinski definition) is 10. The van der Waals surface area contributed by atoms with E-state index in [2.05, 4.69) is 77.0 Å². The number of aromatic nitrogens is 1. The predicted octanol–water partition coefficient (Wildman–Crippen LogP) is 5.51. The fourth-order valence-electron chi connectivity index (χ4n) is 6.28. The number of imide groups is 1. The van der Waals surface area contributed by atoms with Crippen molar-refractivity contribution in [3.63, 3.8) is 0 Å². The van der Waals surface area contributed by atoms with Crippen LogP contribution >= 0.6 is 0 Å². The summed E-state index contributed by atoms with van der Waals surface area (Å²) >= 11 is 0. The van der Waals surface area contributed by atoms with E-state index in [-0.39, 0.29) is 91.6 Å². The molecule has 0 bridgehead atoms. The summed E-state index contributed by atoms with van der Waals surface area (Å²) in [4.78, 5) is 73.2. The zero-order valence-corrected chi connectivity index (χ0v) is 34.4. The number of benzene rings is 2. The zero-order valence-electron chi connectivity index (χ0n) is 34.4. The number of allylic oxidation sites excluding steroid dienone is 3. The molecule has 5 N–H and O–H groups in total. The molecule has 314 valence electrons. The van der Waals surface area contributed by atoms with Gasteiger partial charge in [-0.15, -0.1) is 0 Å². The Hall–Kier alpha value is -6.12. The SMILES string of the molecule is C=Cc1c(/C=C\C(C)C)[nH]c2cc(C3=CNC(OCC(=O)NCCOCCNC(=O)COc4cccc(C(C)=O)c4C(C)=O)C=C3)ccc12.CCC1CCC(=O)NC1=O. The van der Waals surface area contributed by atoms with Gasteiger partial charge in [-0.25, -0.2) is 0 Å². The third kappa shape index (κ3) is 13.8. The van der Waals surface area contributed by atoms with Gasteiger partial charge >= 0.3 is 0 Å². The molecule has 5 rings (SSSR count). The lowest BCUT2D eigenvalue weighted by molar-refractivity contribution is -0.136. The Labute approximate surface area is 344 Å². The van der Waals surface area contributed by atoms with Crippen LogP contribution < -0.4 is 26.0 Å². The predicted molar refractivity (Wildman–Crippen MR) is 227 cm³/mol. The molecule has 2 atom stereocenters. The molecule has 4 amide bonds. The maximum Gasteiger partial charge on any atom is 0.258 e. The first-order chi connectivity index (χ1) is 28.3. The lowest BCUT2D eigenvalue weighted by Gasteiger charge is -2.19. The molecule has 2 unspecified atom stereocenters. The molecule has 2 aliphatic heterocycles. The van der Waals surface area contributed by atoms with Crippen LogP contribution in [0.15, 0.2) is 67.4 Å². The largest absolute Gasteiger partial charge is 0.483 e. The lowest BCUT2D eigenvalue weighted by atomic mass is 9.96. The van der Waals surface area contributed by atoms with Crippen LogP contribution in [0.2, 0.25) is 0 Å². The Morgan fingerprint density at radius 1 is 0.983 bits per heavy atom. The number of nitrogens with one attached hydrogen (secondary N) is 5. The van der Waals surface area contributed by atoms with Crippen LogP contribution in [-0.2, 0) is 28.7 Å². The number of aromatic amines is 1. The normalized spacial score (nSPS) is 16.1. The van der Waals surface area contributed by atoms with Gasteiger partial charge in [0.15, 0.2) is 18.2 Å². The molecule has 14 heteroatoms. The van der Waals surface area contributed by atoms with E-state index in [1.807, 2.05) is 31.4 Å². The van der Waals surface area contributed by atoms with Gasteiger partial charge in [0, 0.05) is 59.4 Å². The van der Waals surface area contributed by atoms with Crippen LogP contribution in [0.25, 0.3) is 28.6 Å². The second kappa shape index (κ2) is 22.7. The maximum absolute atomic E-state index is 12.2. The topological polar surface area (TPSA) is 194 Å². The van der Waals surface area contributed by atoms with Crippen LogP contribution in [-0.4, -0.2) is 85.9 Å². The van der Waals surface area contributed by atoms with Crippen LogP contribution in [0.1, 0.15) is 91.4 Å². The van der Waals surface area contributed by atoms with Gasteiger partial charge in [-0.05, 0) is 68.0 Å². The number of ether oxygens (including phenoxy) is 3. The monoisotopic (exact) mass is 809 g/mol. The van der Waals surface area contributed by atoms with Crippen molar-refractivity contribution < 1.29 is 43.0 Å². The summed E-state index contributed by atoms with van der Waals surface area (Å²) in [7, 11) is 0. The average molecular weight is 810 g/mol. The van der Waals surface area contributed by atoms with E-state index in [0.29, 0.717) is 12.3 Å². The first kappa shape index (κ1) is 45.6. The molecule has 0 aliphatic carbocycles. The van der Waals surface area contributed by atoms with E-state index in [1.54, 1.807) is 18.2 Å². The third-order valence-corrected chi connectivity index (χ3v) is 9.40. The molecular formula is C45H55N5O9. The Kier molecular flexibility index (Phi) is 17.6. The number of H-pyrrole nitrogens is 1. The Morgan fingerprint density at radius 3 is 2.32 bits per heavy atom. The molecule has 0 spiro atoms. The molecule has 14 nitrogen and oxygen atoms in total. The van der Waals surface area contributed by atoms with Crippen LogP contribution in [0.4, 0.5) is 0 Å². The van der Waals surface area contributed by atoms with Gasteiger partial charge in [-0.1, -0.05) is 69.8 Å². The number of piperidine rings is 1. The molecule has 0 radical (unpaired) electrons. The van der Waals surface area contributed by atoms with Gasteiger partial charge < -0.3 is 35.1 Å². The molecule has 3 heterocycles. The van der Waals surface area contributed by atoms with E-state index in [9.17, 15) is 28.8 Å². The van der Waals surface area contributed by atoms with Crippen LogP contribution in [0.5, 0.6) is 5.75 Å². The van der Waals surface area contributed by atoms with Crippen molar-refractivity contribution >= 4 is 63.8 Å². The van der Waals surface area contributed by atoms with Gasteiger partial charge in [0.05, 0.1) is 18.8 Å². The molecule has 1 saturated heterocycles. The number of rotatable bonds is 19. The number of carbonyl (C=O) groups is 6. The number of dihydropyridines is 1. The lowest BCUT2D eigenvalue weighted by Crippen LogP contribution is -2.40. The minimum atomic E-state index is -0.445. The smallest absolute Gasteiger partial charge is 0.258 e. The number of amides is 4. The van der Waals surface area contributed by atoms with Crippen molar-refractivity contribution in [3.8, 4) is 5.75 Å². The number of carbonyl (C=O) groups excluding carboxylic acids is 6. The number of hydrogen-bond donors (Lipinski definition) is 5. The van der Waals surface area contributed by atoms with Gasteiger partial charge in [0.25, 0.3) is 5.91 Å². The molecule has 59 heavy (non-hydrogen) atoms. The summed E-state index contributed by atoms with van der Waals surface area (Å²) < 4.78 is 16.6. The van der Waals surface area contributed by atoms with E-state index >= 15 is 0 Å². The molecule has 1 aromatic heterocycles. The van der Waals surface area contributed by atoms with Crippen LogP contribution in [0.3, 0.4) is 0 Å². The fourth-order valence-corrected chi connectivity index (χ4v) is 6.28. The highest BCUT2D eigenvalue weighted by atomic mass is 16.5. The Morgan fingerprint density at radius 2 is 1.71 bits per heavy atom. The van der Waals surface area contributed by atoms with Gasteiger partial charge in [-0.2, -0.15) is 0 Å². The van der Waals surface area contributed by atoms with Crippen molar-refractivity contribution in [1.82, 2.24) is 26.3 Å². The van der Waals surface area contributed by atoms with Crippen molar-refractivity contribution in [2.24, 2.45) is 11.8 Å². The second-order valence-corrected chi connectivity index (χ2v) is 14.3. The standard InChI is InChI=1S/C38H44N4O7.C7H11NO2/c1-6-29-31-13-11-27(20-33(31)42-32(29)14-10-24(2)3)28-12-15-37(41-21-28)49-23-36(46)40-17-19-47-18-16-39-35(45)22-48-34-9-7-8-30(25(4)43)38(34)26(5)44;1-2-5-3-4-6(9)8-7(5)10/h6-15,20-21,24,37,41-42H,1,16-19,22-23H2,2-5H3,(H,39,45)(H,40,46);5H,2-4H2,1H3,(H,8,9,10)/b14-10-;. The number of ketones is 2. The summed E-state index contributed by atoms with van der Waals surface area (Å²) in [5.41, 5.74) is 5.58. The second-order valence-electron chi connectivity index (χ2n) is 14.3. The van der Waals surface area contributed by atoms with Gasteiger partial charge in [0.2, 0.25) is 17.7 Å². The number of Topliss-reactive ketones (excluding diaryl/α,β-unsaturated/α-hetero) is 2. The van der Waals surface area contributed by atoms with E-state index in [1.165, 1.54) is 13.8 Å². The van der Waals surface area contributed by atoms with Gasteiger partial charge in [0.1, 0.15) is 18.6 Å². The van der Waals surface area contributed by atoms with E-state index in [4.69, 9.17) is 14.2 Å². The third-order valence-electron chi connectivity index (χ3n) is 9.40. The summed E-state index contributed by atoms with van der Waals surface area (Å²) in [6.07, 6.45) is 13.4. The van der Waals surface area contributed by atoms with Crippen molar-refractivity contribution in [3.05, 3.63) is 95.4 Å². The van der Waals surface area contributed by atoms with E-state index < -0.39 is 12.1 Å². The quantitative estimate of drug-likeness (QED) is 0.0586. The van der Waals surface area contributed by atoms with E-state index in [0.717, 1.165) is 46.1 Å². The first-order valence-electron chi connectivity index (χ1n) is 19.8. The summed E-state index contributed by atoms with van der Waals surface area (Å²) in [6.45, 7) is 13.5. The van der Waals surface area contributed by atoms with Crippen LogP contribution in [0, 0.1) is 11.8 Å². The Balaban J connectivity index is 0.000000670. The molecule has 1 fully saturated rings. The highest BCUT2D eigenvalue weighted by Crippen LogP contribution is 2.29. The summed E-state index contributed by atoms with van der Waals surface area (Å²) in [5, 5.41) is 12.0. The first-order valence-corrected chi connectivity index (χ1v) is 19.8. The Bertz CT molecular complexity index is 2110. The molecule has 3 aromatic rings. The molecule has 2 aliphatic rings. The maximum atomic E-state index is 12.2. The van der Waals surface area contributed by atoms with Crippen molar-refractivity contribution in [2.45, 2.75) is 60.1 Å². The summed E-state index contributed by atoms with van der Waals surface area (Å²) in [5.74, 6) is -0.809. The van der Waals surface area contributed by atoms with Crippen molar-refractivity contribution in [2.75, 3.05) is 39.5 Å². The molecule has 2 aromatic carbocycles. The fraction of sp³-hybridized carbons (Fsp3) is 0.378. The average Bonchev–Trinajstić information content (AvgIpc) is 3.58. The highest BCUT2D eigenvalue weighted by Gasteiger charge is 2.24. The highest BCUT2D eigenvalue weighted by molar-refractivity contribution is 6.09.